The number of aromatic nitrogens is 1. The minimum Gasteiger partial charge on any atom is -0.497 e. The van der Waals surface area contributed by atoms with Crippen molar-refractivity contribution in [3.63, 3.8) is 0 Å². The summed E-state index contributed by atoms with van der Waals surface area (Å²) >= 11 is 0. The quantitative estimate of drug-likeness (QED) is 0.497. The molecule has 10 heteroatoms. The van der Waals surface area contributed by atoms with E-state index in [1.807, 2.05) is 42.5 Å². The molecule has 1 amide bonds. The lowest BCUT2D eigenvalue weighted by molar-refractivity contribution is -0.136. The second kappa shape index (κ2) is 9.51. The van der Waals surface area contributed by atoms with Gasteiger partial charge in [0.1, 0.15) is 17.2 Å². The molecular weight excluding hydrogens is 446 g/mol. The molecule has 3 N–H and O–H groups in total. The summed E-state index contributed by atoms with van der Waals surface area (Å²) in [5.74, 6) is 0.523. The number of aromatic amines is 1. The Bertz CT molecular complexity index is 1250. The van der Waals surface area contributed by atoms with E-state index in [0.29, 0.717) is 35.8 Å². The summed E-state index contributed by atoms with van der Waals surface area (Å²) in [6.07, 6.45) is 0. The van der Waals surface area contributed by atoms with Crippen molar-refractivity contribution in [1.29, 1.82) is 0 Å². The topological polar surface area (TPSA) is 112 Å². The van der Waals surface area contributed by atoms with Crippen LogP contribution in [0.25, 0.3) is 10.9 Å². The summed E-state index contributed by atoms with van der Waals surface area (Å²) in [4.78, 5) is 27.4. The number of rotatable bonds is 5. The zero-order valence-electron chi connectivity index (χ0n) is 18.0. The number of ether oxygens (including phenoxy) is 1. The highest BCUT2D eigenvalue weighted by Crippen LogP contribution is 2.36. The molecule has 2 aliphatic rings. The number of amides is 1. The molecule has 3 heterocycles. The van der Waals surface area contributed by atoms with Crippen LogP contribution < -0.4 is 10.1 Å². The molecule has 2 aliphatic heterocycles. The van der Waals surface area contributed by atoms with Crippen molar-refractivity contribution in [3.05, 3.63) is 53.6 Å². The maximum Gasteiger partial charge on any atom is 0.263 e. The number of halogens is 1. The van der Waals surface area contributed by atoms with Gasteiger partial charge in [0, 0.05) is 42.6 Å². The van der Waals surface area contributed by atoms with E-state index in [1.165, 1.54) is 0 Å². The van der Waals surface area contributed by atoms with Gasteiger partial charge in [-0.1, -0.05) is 23.4 Å². The van der Waals surface area contributed by atoms with E-state index in [4.69, 9.17) is 14.6 Å². The van der Waals surface area contributed by atoms with E-state index in [1.54, 1.807) is 12.0 Å². The number of hydrogen-bond acceptors (Lipinski definition) is 7. The van der Waals surface area contributed by atoms with Gasteiger partial charge in [0.25, 0.3) is 5.91 Å². The smallest absolute Gasteiger partial charge is 0.263 e. The SMILES string of the molecule is COc1ccc2[nH]c(O)c(C3=Nc4ccccc4/C3=N\OCC(=O)N3CCNCC3)c2c1.Cl. The first kappa shape index (κ1) is 22.6. The maximum absolute atomic E-state index is 12.4. The fraction of sp³-hybridized carbons (Fsp3) is 0.261. The van der Waals surface area contributed by atoms with Crippen LogP contribution in [0.2, 0.25) is 0 Å². The summed E-state index contributed by atoms with van der Waals surface area (Å²) in [7, 11) is 1.59. The fourth-order valence-corrected chi connectivity index (χ4v) is 4.02. The Morgan fingerprint density at radius 2 is 2.00 bits per heavy atom. The molecule has 0 aliphatic carbocycles. The lowest BCUT2D eigenvalue weighted by atomic mass is 10.0. The molecule has 5 rings (SSSR count). The van der Waals surface area contributed by atoms with Gasteiger partial charge in [0.05, 0.1) is 18.4 Å². The molecule has 172 valence electrons. The Labute approximate surface area is 196 Å². The highest BCUT2D eigenvalue weighted by Gasteiger charge is 2.29. The first-order chi connectivity index (χ1) is 15.7. The Kier molecular flexibility index (Phi) is 6.52. The Balaban J connectivity index is 0.00000259. The molecule has 33 heavy (non-hydrogen) atoms. The molecule has 1 aromatic heterocycles. The Morgan fingerprint density at radius 1 is 1.21 bits per heavy atom. The van der Waals surface area contributed by atoms with Gasteiger partial charge < -0.3 is 29.9 Å². The first-order valence-electron chi connectivity index (χ1n) is 10.4. The Hall–Kier alpha value is -3.56. The van der Waals surface area contributed by atoms with Crippen LogP contribution in [-0.4, -0.2) is 72.2 Å². The molecular formula is C23H24ClN5O4. The summed E-state index contributed by atoms with van der Waals surface area (Å²) in [5, 5.41) is 19.0. The van der Waals surface area contributed by atoms with Crippen LogP contribution in [0.5, 0.6) is 11.6 Å². The molecule has 9 nitrogen and oxygen atoms in total. The lowest BCUT2D eigenvalue weighted by Gasteiger charge is -2.26. The average Bonchev–Trinajstić information content (AvgIpc) is 3.35. The zero-order chi connectivity index (χ0) is 22.1. The number of benzene rings is 2. The van der Waals surface area contributed by atoms with Gasteiger partial charge in [-0.15, -0.1) is 12.4 Å². The second-order valence-electron chi connectivity index (χ2n) is 7.58. The number of methoxy groups -OCH3 is 1. The normalized spacial score (nSPS) is 16.3. The average molecular weight is 470 g/mol. The molecule has 3 aromatic rings. The van der Waals surface area contributed by atoms with Gasteiger partial charge in [0.2, 0.25) is 0 Å². The fourth-order valence-electron chi connectivity index (χ4n) is 4.02. The highest BCUT2D eigenvalue weighted by molar-refractivity contribution is 6.58. The van der Waals surface area contributed by atoms with Gasteiger partial charge in [-0.2, -0.15) is 0 Å². The highest BCUT2D eigenvalue weighted by atomic mass is 35.5. The van der Waals surface area contributed by atoms with Crippen LogP contribution >= 0.6 is 12.4 Å². The maximum atomic E-state index is 12.4. The van der Waals surface area contributed by atoms with Gasteiger partial charge in [-0.05, 0) is 24.3 Å². The van der Waals surface area contributed by atoms with Gasteiger partial charge in [-0.3, -0.25) is 4.79 Å². The molecule has 1 saturated heterocycles. The number of fused-ring (bicyclic) bond motifs is 2. The van der Waals surface area contributed by atoms with Crippen LogP contribution in [-0.2, 0) is 9.63 Å². The van der Waals surface area contributed by atoms with E-state index in [-0.39, 0.29) is 30.8 Å². The number of hydrogen-bond donors (Lipinski definition) is 3. The summed E-state index contributed by atoms with van der Waals surface area (Å²) in [6, 6.07) is 13.0. The molecule has 0 atom stereocenters. The number of aliphatic imine (C=N–C) groups is 1. The van der Waals surface area contributed by atoms with Crippen molar-refractivity contribution in [2.75, 3.05) is 39.9 Å². The van der Waals surface area contributed by atoms with Crippen molar-refractivity contribution < 1.29 is 19.5 Å². The van der Waals surface area contributed by atoms with Crippen molar-refractivity contribution in [3.8, 4) is 11.6 Å². The lowest BCUT2D eigenvalue weighted by Crippen LogP contribution is -2.47. The van der Waals surface area contributed by atoms with Crippen molar-refractivity contribution >= 4 is 46.3 Å². The minimum absolute atomic E-state index is 0. The molecule has 2 aromatic carbocycles. The third-order valence-corrected chi connectivity index (χ3v) is 5.65. The van der Waals surface area contributed by atoms with Crippen LogP contribution in [0, 0.1) is 0 Å². The van der Waals surface area contributed by atoms with E-state index in [2.05, 4.69) is 15.5 Å². The number of nitrogens with zero attached hydrogens (tertiary/aromatic N) is 3. The van der Waals surface area contributed by atoms with E-state index in [9.17, 15) is 9.90 Å². The second-order valence-corrected chi connectivity index (χ2v) is 7.58. The third-order valence-electron chi connectivity index (χ3n) is 5.65. The number of nitrogens with one attached hydrogen (secondary N) is 2. The molecule has 0 radical (unpaired) electrons. The summed E-state index contributed by atoms with van der Waals surface area (Å²) < 4.78 is 5.35. The van der Waals surface area contributed by atoms with Gasteiger partial charge in [-0.25, -0.2) is 4.99 Å². The number of oxime groups is 1. The van der Waals surface area contributed by atoms with Gasteiger partial charge >= 0.3 is 0 Å². The van der Waals surface area contributed by atoms with Crippen LogP contribution in [0.1, 0.15) is 11.1 Å². The predicted octanol–water partition coefficient (Wildman–Crippen LogP) is 2.59. The summed E-state index contributed by atoms with van der Waals surface area (Å²) in [6.45, 7) is 2.69. The van der Waals surface area contributed by atoms with E-state index >= 15 is 0 Å². The van der Waals surface area contributed by atoms with E-state index < -0.39 is 0 Å². The standard InChI is InChI=1S/C23H23N5O4.ClH/c1-31-14-6-7-18-16(12-14)20(23(30)26-18)22-21(15-4-2-3-5-17(15)25-22)27-32-13-19(29)28-10-8-24-9-11-28;/h2-7,12,24,26,30H,8-11,13H2,1H3;1H/b27-21+;. The van der Waals surface area contributed by atoms with Crippen molar-refractivity contribution in [2.45, 2.75) is 0 Å². The number of carbonyl (C=O) groups excluding carboxylic acids is 1. The first-order valence-corrected chi connectivity index (χ1v) is 10.4. The number of aromatic hydroxyl groups is 1. The van der Waals surface area contributed by atoms with Crippen molar-refractivity contribution in [1.82, 2.24) is 15.2 Å². The minimum atomic E-state index is -0.160. The molecule has 0 spiro atoms. The number of carbonyl (C=O) groups is 1. The van der Waals surface area contributed by atoms with E-state index in [0.717, 1.165) is 35.2 Å². The van der Waals surface area contributed by atoms with Gasteiger partial charge in [0.15, 0.2) is 12.5 Å². The summed E-state index contributed by atoms with van der Waals surface area (Å²) in [5.41, 5.74) is 3.67. The molecule has 0 saturated carbocycles. The number of H-pyrrole nitrogens is 1. The Morgan fingerprint density at radius 3 is 2.79 bits per heavy atom. The zero-order valence-corrected chi connectivity index (χ0v) is 18.8. The largest absolute Gasteiger partial charge is 0.497 e. The van der Waals surface area contributed by atoms with Crippen LogP contribution in [0.3, 0.4) is 0 Å². The van der Waals surface area contributed by atoms with Crippen LogP contribution in [0.15, 0.2) is 52.6 Å². The molecule has 0 unspecified atom stereocenters. The number of piperazine rings is 1. The van der Waals surface area contributed by atoms with Crippen LogP contribution in [0.4, 0.5) is 5.69 Å². The molecule has 1 fully saturated rings. The monoisotopic (exact) mass is 469 g/mol. The third kappa shape index (κ3) is 4.24. The van der Waals surface area contributed by atoms with Crippen molar-refractivity contribution in [2.24, 2.45) is 10.1 Å². The predicted molar refractivity (Wildman–Crippen MR) is 128 cm³/mol. The number of para-hydroxylation sites is 1. The molecule has 0 bridgehead atoms.